The smallest absolute Gasteiger partial charge is 0.255 e. The van der Waals surface area contributed by atoms with E-state index in [9.17, 15) is 4.79 Å². The third-order valence-electron chi connectivity index (χ3n) is 3.68. The lowest BCUT2D eigenvalue weighted by Crippen LogP contribution is -2.18. The lowest BCUT2D eigenvalue weighted by Gasteiger charge is -2.16. The van der Waals surface area contributed by atoms with Gasteiger partial charge in [-0.15, -0.1) is 0 Å². The SMILES string of the molecule is O=C(Nc1ccccc1C1CCCN1)c1ccccc1. The highest BCUT2D eigenvalue weighted by molar-refractivity contribution is 6.04. The number of para-hydroxylation sites is 1. The molecule has 1 unspecified atom stereocenters. The fraction of sp³-hybridized carbons (Fsp3) is 0.235. The van der Waals surface area contributed by atoms with Gasteiger partial charge in [0.25, 0.3) is 5.91 Å². The van der Waals surface area contributed by atoms with Gasteiger partial charge in [-0.05, 0) is 43.1 Å². The third-order valence-corrected chi connectivity index (χ3v) is 3.68. The van der Waals surface area contributed by atoms with Crippen molar-refractivity contribution in [3.63, 3.8) is 0 Å². The predicted molar refractivity (Wildman–Crippen MR) is 80.8 cm³/mol. The largest absolute Gasteiger partial charge is 0.322 e. The zero-order valence-corrected chi connectivity index (χ0v) is 11.3. The van der Waals surface area contributed by atoms with Crippen LogP contribution in [0.15, 0.2) is 54.6 Å². The van der Waals surface area contributed by atoms with Crippen LogP contribution in [-0.4, -0.2) is 12.5 Å². The summed E-state index contributed by atoms with van der Waals surface area (Å²) in [5.74, 6) is -0.0592. The van der Waals surface area contributed by atoms with Gasteiger partial charge in [0.05, 0.1) is 0 Å². The predicted octanol–water partition coefficient (Wildman–Crippen LogP) is 3.36. The summed E-state index contributed by atoms with van der Waals surface area (Å²) >= 11 is 0. The number of nitrogens with one attached hydrogen (secondary N) is 2. The molecule has 3 rings (SSSR count). The van der Waals surface area contributed by atoms with E-state index < -0.39 is 0 Å². The first kappa shape index (κ1) is 12.9. The Morgan fingerprint density at radius 3 is 2.55 bits per heavy atom. The van der Waals surface area contributed by atoms with E-state index in [1.165, 1.54) is 12.0 Å². The molecule has 1 fully saturated rings. The first-order valence-electron chi connectivity index (χ1n) is 7.03. The number of carbonyl (C=O) groups excluding carboxylic acids is 1. The lowest BCUT2D eigenvalue weighted by molar-refractivity contribution is 0.102. The minimum Gasteiger partial charge on any atom is -0.322 e. The number of amides is 1. The maximum Gasteiger partial charge on any atom is 0.255 e. The average molecular weight is 266 g/mol. The van der Waals surface area contributed by atoms with E-state index >= 15 is 0 Å². The fourth-order valence-electron chi connectivity index (χ4n) is 2.65. The summed E-state index contributed by atoms with van der Waals surface area (Å²) < 4.78 is 0. The van der Waals surface area contributed by atoms with Crippen LogP contribution in [0.3, 0.4) is 0 Å². The molecule has 1 heterocycles. The van der Waals surface area contributed by atoms with Gasteiger partial charge in [-0.25, -0.2) is 0 Å². The van der Waals surface area contributed by atoms with Gasteiger partial charge in [0, 0.05) is 17.3 Å². The van der Waals surface area contributed by atoms with Crippen LogP contribution >= 0.6 is 0 Å². The minimum atomic E-state index is -0.0592. The van der Waals surface area contributed by atoms with E-state index in [1.807, 2.05) is 48.5 Å². The molecule has 2 aromatic rings. The van der Waals surface area contributed by atoms with Crippen LogP contribution < -0.4 is 10.6 Å². The summed E-state index contributed by atoms with van der Waals surface area (Å²) in [6.07, 6.45) is 2.31. The van der Waals surface area contributed by atoms with Crippen molar-refractivity contribution in [2.24, 2.45) is 0 Å². The molecule has 102 valence electrons. The average Bonchev–Trinajstić information content (AvgIpc) is 3.03. The molecule has 0 bridgehead atoms. The van der Waals surface area contributed by atoms with Crippen molar-refractivity contribution in [3.05, 3.63) is 65.7 Å². The van der Waals surface area contributed by atoms with E-state index in [-0.39, 0.29) is 5.91 Å². The van der Waals surface area contributed by atoms with Gasteiger partial charge in [-0.2, -0.15) is 0 Å². The number of benzene rings is 2. The third kappa shape index (κ3) is 2.73. The van der Waals surface area contributed by atoms with E-state index in [0.717, 1.165) is 18.7 Å². The summed E-state index contributed by atoms with van der Waals surface area (Å²) in [7, 11) is 0. The lowest BCUT2D eigenvalue weighted by atomic mass is 10.0. The van der Waals surface area contributed by atoms with E-state index in [4.69, 9.17) is 0 Å². The van der Waals surface area contributed by atoms with Crippen LogP contribution in [0, 0.1) is 0 Å². The van der Waals surface area contributed by atoms with E-state index in [0.29, 0.717) is 11.6 Å². The summed E-state index contributed by atoms with van der Waals surface area (Å²) in [5, 5.41) is 6.50. The molecule has 0 saturated carbocycles. The molecule has 0 aliphatic carbocycles. The highest BCUT2D eigenvalue weighted by Crippen LogP contribution is 2.29. The molecule has 0 radical (unpaired) electrons. The van der Waals surface area contributed by atoms with E-state index in [2.05, 4.69) is 16.7 Å². The quantitative estimate of drug-likeness (QED) is 0.894. The second kappa shape index (κ2) is 5.88. The van der Waals surface area contributed by atoms with Crippen molar-refractivity contribution in [1.29, 1.82) is 0 Å². The Labute approximate surface area is 119 Å². The molecule has 1 aliphatic rings. The van der Waals surface area contributed by atoms with Crippen molar-refractivity contribution >= 4 is 11.6 Å². The summed E-state index contributed by atoms with van der Waals surface area (Å²) in [6, 6.07) is 17.7. The van der Waals surface area contributed by atoms with Crippen LogP contribution in [0.25, 0.3) is 0 Å². The molecule has 2 N–H and O–H groups in total. The van der Waals surface area contributed by atoms with Crippen molar-refractivity contribution in [3.8, 4) is 0 Å². The van der Waals surface area contributed by atoms with Gasteiger partial charge < -0.3 is 10.6 Å². The molecule has 3 heteroatoms. The van der Waals surface area contributed by atoms with Gasteiger partial charge in [-0.3, -0.25) is 4.79 Å². The number of carbonyl (C=O) groups is 1. The first-order valence-corrected chi connectivity index (χ1v) is 7.03. The van der Waals surface area contributed by atoms with Crippen molar-refractivity contribution in [2.75, 3.05) is 11.9 Å². The van der Waals surface area contributed by atoms with Gasteiger partial charge in [0.15, 0.2) is 0 Å². The molecule has 20 heavy (non-hydrogen) atoms. The molecule has 0 aromatic heterocycles. The van der Waals surface area contributed by atoms with Crippen LogP contribution in [0.2, 0.25) is 0 Å². The normalized spacial score (nSPS) is 17.9. The van der Waals surface area contributed by atoms with Crippen LogP contribution in [0.1, 0.15) is 34.8 Å². The number of anilines is 1. The maximum atomic E-state index is 12.2. The molecular formula is C17H18N2O. The Hall–Kier alpha value is -2.13. The zero-order valence-electron chi connectivity index (χ0n) is 11.3. The van der Waals surface area contributed by atoms with Crippen LogP contribution in [0.4, 0.5) is 5.69 Å². The van der Waals surface area contributed by atoms with E-state index in [1.54, 1.807) is 0 Å². The Bertz CT molecular complexity index is 589. The first-order chi connectivity index (χ1) is 9.84. The second-order valence-corrected chi connectivity index (χ2v) is 5.06. The zero-order chi connectivity index (χ0) is 13.8. The second-order valence-electron chi connectivity index (χ2n) is 5.06. The van der Waals surface area contributed by atoms with Gasteiger partial charge in [0.2, 0.25) is 0 Å². The Kier molecular flexibility index (Phi) is 3.79. The molecule has 1 atom stereocenters. The fourth-order valence-corrected chi connectivity index (χ4v) is 2.65. The molecular weight excluding hydrogens is 248 g/mol. The summed E-state index contributed by atoms with van der Waals surface area (Å²) in [6.45, 7) is 1.05. The highest BCUT2D eigenvalue weighted by atomic mass is 16.1. The summed E-state index contributed by atoms with van der Waals surface area (Å²) in [5.41, 5.74) is 2.76. The molecule has 2 aromatic carbocycles. The number of hydrogen-bond donors (Lipinski definition) is 2. The standard InChI is InChI=1S/C17H18N2O/c20-17(13-7-2-1-3-8-13)19-16-10-5-4-9-14(16)15-11-6-12-18-15/h1-5,7-10,15,18H,6,11-12H2,(H,19,20). The number of rotatable bonds is 3. The van der Waals surface area contributed by atoms with Gasteiger partial charge in [0.1, 0.15) is 0 Å². The monoisotopic (exact) mass is 266 g/mol. The van der Waals surface area contributed by atoms with Crippen molar-refractivity contribution < 1.29 is 4.79 Å². The summed E-state index contributed by atoms with van der Waals surface area (Å²) in [4.78, 5) is 12.2. The Balaban J connectivity index is 1.82. The Morgan fingerprint density at radius 1 is 1.05 bits per heavy atom. The van der Waals surface area contributed by atoms with Crippen LogP contribution in [0.5, 0.6) is 0 Å². The molecule has 1 saturated heterocycles. The highest BCUT2D eigenvalue weighted by Gasteiger charge is 2.19. The molecule has 1 amide bonds. The minimum absolute atomic E-state index is 0.0592. The van der Waals surface area contributed by atoms with Gasteiger partial charge in [-0.1, -0.05) is 36.4 Å². The maximum absolute atomic E-state index is 12.2. The van der Waals surface area contributed by atoms with Crippen LogP contribution in [-0.2, 0) is 0 Å². The topological polar surface area (TPSA) is 41.1 Å². The van der Waals surface area contributed by atoms with Crippen molar-refractivity contribution in [2.45, 2.75) is 18.9 Å². The Morgan fingerprint density at radius 2 is 1.80 bits per heavy atom. The number of hydrogen-bond acceptors (Lipinski definition) is 2. The molecule has 0 spiro atoms. The molecule has 1 aliphatic heterocycles. The molecule has 3 nitrogen and oxygen atoms in total. The van der Waals surface area contributed by atoms with Crippen molar-refractivity contribution in [1.82, 2.24) is 5.32 Å². The van der Waals surface area contributed by atoms with Gasteiger partial charge >= 0.3 is 0 Å².